The highest BCUT2D eigenvalue weighted by Gasteiger charge is 2.08. The van der Waals surface area contributed by atoms with Crippen molar-refractivity contribution < 1.29 is 9.52 Å². The van der Waals surface area contributed by atoms with Crippen molar-refractivity contribution in [3.05, 3.63) is 78.4 Å². The number of aliphatic hydroxyl groups excluding tert-OH is 1. The molecule has 0 spiro atoms. The third-order valence-corrected chi connectivity index (χ3v) is 4.14. The predicted octanol–water partition coefficient (Wildman–Crippen LogP) is 5.29. The van der Waals surface area contributed by atoms with Crippen LogP contribution < -0.4 is 5.32 Å². The molecule has 1 heterocycles. The number of hydrogen-bond donors (Lipinski definition) is 2. The average Bonchev–Trinajstić information content (AvgIpc) is 3.04. The third-order valence-electron chi connectivity index (χ3n) is 4.14. The molecule has 4 heteroatoms. The molecule has 0 fully saturated rings. The van der Waals surface area contributed by atoms with Crippen LogP contribution in [0.4, 0.5) is 11.7 Å². The van der Waals surface area contributed by atoms with Crippen molar-refractivity contribution in [2.24, 2.45) is 0 Å². The number of benzene rings is 3. The topological polar surface area (TPSA) is 58.3 Å². The molecule has 3 aromatic carbocycles. The maximum absolute atomic E-state index is 9.62. The lowest BCUT2D eigenvalue weighted by Crippen LogP contribution is -1.90. The molecule has 0 radical (unpaired) electrons. The number of nitrogens with one attached hydrogen (secondary N) is 1. The molecule has 25 heavy (non-hydrogen) atoms. The highest BCUT2D eigenvalue weighted by Crippen LogP contribution is 2.28. The first-order valence-corrected chi connectivity index (χ1v) is 8.20. The van der Waals surface area contributed by atoms with E-state index in [2.05, 4.69) is 10.3 Å². The summed E-state index contributed by atoms with van der Waals surface area (Å²) < 4.78 is 5.76. The van der Waals surface area contributed by atoms with Gasteiger partial charge in [-0.25, -0.2) is 0 Å². The minimum atomic E-state index is -0.460. The van der Waals surface area contributed by atoms with Gasteiger partial charge >= 0.3 is 0 Å². The lowest BCUT2D eigenvalue weighted by molar-refractivity contribution is 0.199. The summed E-state index contributed by atoms with van der Waals surface area (Å²) in [5.74, 6) is 0. The molecule has 0 aliphatic rings. The van der Waals surface area contributed by atoms with Gasteiger partial charge in [0.15, 0.2) is 5.58 Å². The Morgan fingerprint density at radius 2 is 1.64 bits per heavy atom. The second-order valence-corrected chi connectivity index (χ2v) is 5.99. The van der Waals surface area contributed by atoms with E-state index in [-0.39, 0.29) is 0 Å². The van der Waals surface area contributed by atoms with E-state index in [1.165, 1.54) is 0 Å². The third kappa shape index (κ3) is 3.25. The molecule has 1 atom stereocenters. The molecule has 2 N–H and O–H groups in total. The summed E-state index contributed by atoms with van der Waals surface area (Å²) in [5, 5.41) is 12.8. The number of aromatic nitrogens is 1. The van der Waals surface area contributed by atoms with E-state index in [4.69, 9.17) is 4.42 Å². The second kappa shape index (κ2) is 6.42. The fourth-order valence-electron chi connectivity index (χ4n) is 2.76. The molecule has 0 amide bonds. The van der Waals surface area contributed by atoms with Crippen LogP contribution in [0.3, 0.4) is 0 Å². The van der Waals surface area contributed by atoms with Crippen LogP contribution >= 0.6 is 0 Å². The lowest BCUT2D eigenvalue weighted by Gasteiger charge is -2.06. The molecule has 4 nitrogen and oxygen atoms in total. The fraction of sp³-hybridized carbons (Fsp3) is 0.0952. The molecule has 4 rings (SSSR count). The van der Waals surface area contributed by atoms with Crippen molar-refractivity contribution in [3.8, 4) is 11.1 Å². The first-order chi connectivity index (χ1) is 12.2. The number of anilines is 2. The van der Waals surface area contributed by atoms with Crippen molar-refractivity contribution >= 4 is 22.8 Å². The Morgan fingerprint density at radius 1 is 0.920 bits per heavy atom. The molecule has 0 saturated heterocycles. The average molecular weight is 330 g/mol. The van der Waals surface area contributed by atoms with Crippen LogP contribution in [0.2, 0.25) is 0 Å². The first kappa shape index (κ1) is 15.4. The van der Waals surface area contributed by atoms with Crippen LogP contribution in [-0.4, -0.2) is 10.1 Å². The number of hydrogen-bond acceptors (Lipinski definition) is 4. The Kier molecular flexibility index (Phi) is 3.96. The Bertz CT molecular complexity index is 990. The van der Waals surface area contributed by atoms with Crippen LogP contribution in [-0.2, 0) is 0 Å². The molecule has 0 aliphatic heterocycles. The summed E-state index contributed by atoms with van der Waals surface area (Å²) >= 11 is 0. The van der Waals surface area contributed by atoms with E-state index >= 15 is 0 Å². The van der Waals surface area contributed by atoms with Crippen LogP contribution in [0, 0.1) is 0 Å². The van der Waals surface area contributed by atoms with Gasteiger partial charge in [-0.05, 0) is 47.9 Å². The zero-order valence-electron chi connectivity index (χ0n) is 13.8. The molecule has 4 aromatic rings. The van der Waals surface area contributed by atoms with Crippen molar-refractivity contribution in [1.29, 1.82) is 0 Å². The van der Waals surface area contributed by atoms with Gasteiger partial charge in [-0.2, -0.15) is 4.98 Å². The van der Waals surface area contributed by atoms with Gasteiger partial charge in [-0.15, -0.1) is 0 Å². The minimum Gasteiger partial charge on any atom is -0.423 e. The zero-order valence-corrected chi connectivity index (χ0v) is 13.8. The number of rotatable bonds is 4. The summed E-state index contributed by atoms with van der Waals surface area (Å²) in [6.07, 6.45) is -0.460. The molecule has 0 saturated carbocycles. The van der Waals surface area contributed by atoms with E-state index in [0.29, 0.717) is 6.01 Å². The van der Waals surface area contributed by atoms with Crippen molar-refractivity contribution in [2.75, 3.05) is 5.32 Å². The van der Waals surface area contributed by atoms with Gasteiger partial charge in [0.1, 0.15) is 5.52 Å². The Morgan fingerprint density at radius 3 is 2.36 bits per heavy atom. The minimum absolute atomic E-state index is 0.460. The number of aliphatic hydroxyl groups is 1. The van der Waals surface area contributed by atoms with E-state index < -0.39 is 6.10 Å². The van der Waals surface area contributed by atoms with Crippen LogP contribution in [0.15, 0.2) is 77.2 Å². The van der Waals surface area contributed by atoms with E-state index in [1.54, 1.807) is 6.92 Å². The van der Waals surface area contributed by atoms with Gasteiger partial charge in [0.2, 0.25) is 0 Å². The van der Waals surface area contributed by atoms with Gasteiger partial charge in [-0.3, -0.25) is 0 Å². The van der Waals surface area contributed by atoms with Gasteiger partial charge in [-0.1, -0.05) is 48.5 Å². The molecular formula is C21H18N2O2. The molecule has 124 valence electrons. The van der Waals surface area contributed by atoms with Gasteiger partial charge in [0.25, 0.3) is 6.01 Å². The van der Waals surface area contributed by atoms with E-state index in [9.17, 15) is 5.11 Å². The van der Waals surface area contributed by atoms with Crippen molar-refractivity contribution in [2.45, 2.75) is 13.0 Å². The summed E-state index contributed by atoms with van der Waals surface area (Å²) in [6, 6.07) is 24.1. The summed E-state index contributed by atoms with van der Waals surface area (Å²) in [5.41, 5.74) is 5.51. The SMILES string of the molecule is CC(O)c1ccc(-c2ccc3oc(Nc4ccccc4)nc3c2)cc1. The number of para-hydroxylation sites is 1. The Balaban J connectivity index is 1.63. The fourth-order valence-corrected chi connectivity index (χ4v) is 2.76. The lowest BCUT2D eigenvalue weighted by atomic mass is 10.0. The highest BCUT2D eigenvalue weighted by molar-refractivity contribution is 5.82. The highest BCUT2D eigenvalue weighted by atomic mass is 16.4. The summed E-state index contributed by atoms with van der Waals surface area (Å²) in [6.45, 7) is 1.76. The molecular weight excluding hydrogens is 312 g/mol. The number of fused-ring (bicyclic) bond motifs is 1. The number of oxazole rings is 1. The molecule has 0 bridgehead atoms. The van der Waals surface area contributed by atoms with Crippen molar-refractivity contribution in [3.63, 3.8) is 0 Å². The monoisotopic (exact) mass is 330 g/mol. The van der Waals surface area contributed by atoms with E-state index in [1.807, 2.05) is 72.8 Å². The summed E-state index contributed by atoms with van der Waals surface area (Å²) in [4.78, 5) is 4.52. The Hall–Kier alpha value is -3.11. The Labute approximate surface area is 145 Å². The van der Waals surface area contributed by atoms with Crippen LogP contribution in [0.25, 0.3) is 22.2 Å². The van der Waals surface area contributed by atoms with E-state index in [0.717, 1.165) is 33.5 Å². The largest absolute Gasteiger partial charge is 0.423 e. The summed E-state index contributed by atoms with van der Waals surface area (Å²) in [7, 11) is 0. The quantitative estimate of drug-likeness (QED) is 0.533. The van der Waals surface area contributed by atoms with Gasteiger partial charge in [0.05, 0.1) is 6.10 Å². The number of nitrogens with zero attached hydrogens (tertiary/aromatic N) is 1. The van der Waals surface area contributed by atoms with Crippen LogP contribution in [0.5, 0.6) is 0 Å². The van der Waals surface area contributed by atoms with Crippen LogP contribution in [0.1, 0.15) is 18.6 Å². The molecule has 1 unspecified atom stereocenters. The zero-order chi connectivity index (χ0) is 17.2. The normalized spacial score (nSPS) is 12.2. The van der Waals surface area contributed by atoms with Gasteiger partial charge in [0, 0.05) is 5.69 Å². The smallest absolute Gasteiger partial charge is 0.300 e. The molecule has 0 aliphatic carbocycles. The van der Waals surface area contributed by atoms with Crippen molar-refractivity contribution in [1.82, 2.24) is 4.98 Å². The predicted molar refractivity (Wildman–Crippen MR) is 99.8 cm³/mol. The van der Waals surface area contributed by atoms with Gasteiger partial charge < -0.3 is 14.8 Å². The standard InChI is InChI=1S/C21H18N2O2/c1-14(24)15-7-9-16(10-8-15)17-11-12-20-19(13-17)23-21(25-20)22-18-5-3-2-4-6-18/h2-14,24H,1H3,(H,22,23). The second-order valence-electron chi connectivity index (χ2n) is 5.99. The first-order valence-electron chi connectivity index (χ1n) is 8.20. The molecule has 1 aromatic heterocycles. The maximum atomic E-state index is 9.62. The maximum Gasteiger partial charge on any atom is 0.300 e.